The van der Waals surface area contributed by atoms with E-state index in [2.05, 4.69) is 113 Å². The summed E-state index contributed by atoms with van der Waals surface area (Å²) in [7, 11) is 0. The van der Waals surface area contributed by atoms with Crippen LogP contribution in [-0.2, 0) is 0 Å². The fourth-order valence-corrected chi connectivity index (χ4v) is 14.3. The molecule has 0 saturated carbocycles. The van der Waals surface area contributed by atoms with E-state index in [9.17, 15) is 0 Å². The molecule has 0 aliphatic rings. The van der Waals surface area contributed by atoms with Gasteiger partial charge >= 0.3 is 204 Å². The molecule has 0 fully saturated rings. The average molecular weight is 638 g/mol. The minimum absolute atomic E-state index is 1.17. The molecule has 0 aromatic heterocycles. The van der Waals surface area contributed by atoms with Gasteiger partial charge in [-0.2, -0.15) is 0 Å². The predicted molar refractivity (Wildman–Crippen MR) is 192 cm³/mol. The van der Waals surface area contributed by atoms with E-state index in [-0.39, 0.29) is 0 Å². The summed E-state index contributed by atoms with van der Waals surface area (Å²) in [4.78, 5) is 0. The van der Waals surface area contributed by atoms with E-state index in [0.717, 1.165) is 0 Å². The van der Waals surface area contributed by atoms with Gasteiger partial charge in [0.1, 0.15) is 0 Å². The molecule has 3 rings (SSSR count). The number of hydrogen-bond donors (Lipinski definition) is 0. The van der Waals surface area contributed by atoms with Crippen molar-refractivity contribution < 1.29 is 0 Å². The van der Waals surface area contributed by atoms with E-state index in [1.807, 2.05) is 0 Å². The molecule has 2 heteroatoms. The zero-order chi connectivity index (χ0) is 28.9. The van der Waals surface area contributed by atoms with E-state index in [1.165, 1.54) is 144 Å². The van der Waals surface area contributed by atoms with E-state index < -0.39 is 5.31 Å². The molecule has 3 aromatic rings. The van der Waals surface area contributed by atoms with Crippen LogP contribution in [-0.4, -0.2) is 6.16 Å². The van der Waals surface area contributed by atoms with Crippen molar-refractivity contribution in [2.75, 3.05) is 6.16 Å². The zero-order valence-corrected chi connectivity index (χ0v) is 28.6. The topological polar surface area (TPSA) is 0 Å². The molecule has 0 amide bonds. The van der Waals surface area contributed by atoms with Crippen LogP contribution in [0, 0.1) is 0 Å². The third-order valence-electron chi connectivity index (χ3n) is 9.07. The quantitative estimate of drug-likeness (QED) is 0.0717. The Morgan fingerprint density at radius 1 is 0.366 bits per heavy atom. The molecule has 0 saturated heterocycles. The molecule has 0 atom stereocenters. The van der Waals surface area contributed by atoms with Gasteiger partial charge < -0.3 is 0 Å². The molecule has 0 heterocycles. The van der Waals surface area contributed by atoms with Gasteiger partial charge in [0.15, 0.2) is 0 Å². The van der Waals surface area contributed by atoms with Crippen LogP contribution in [0.2, 0.25) is 0 Å². The van der Waals surface area contributed by atoms with Crippen LogP contribution in [0.25, 0.3) is 0 Å². The summed E-state index contributed by atoms with van der Waals surface area (Å²) in [6.07, 6.45) is 28.1. The van der Waals surface area contributed by atoms with E-state index in [0.29, 0.717) is 0 Å². The third-order valence-corrected chi connectivity index (χ3v) is 19.1. The van der Waals surface area contributed by atoms with Crippen molar-refractivity contribution in [1.29, 1.82) is 0 Å². The Bertz CT molecular complexity index is 934. The van der Waals surface area contributed by atoms with Crippen LogP contribution in [0.4, 0.5) is 0 Å². The maximum absolute atomic E-state index is 4.60. The molecule has 0 nitrogen and oxygen atoms in total. The van der Waals surface area contributed by atoms with E-state index in [1.54, 1.807) is 0 Å². The summed E-state index contributed by atoms with van der Waals surface area (Å²) in [5.41, 5.74) is 0. The van der Waals surface area contributed by atoms with Crippen LogP contribution in [0.5, 0.6) is 0 Å². The second-order valence-corrected chi connectivity index (χ2v) is 21.3. The summed E-state index contributed by atoms with van der Waals surface area (Å²) in [6, 6.07) is 33.8. The number of benzene rings is 3. The second-order valence-electron chi connectivity index (χ2n) is 12.3. The predicted octanol–water partition coefficient (Wildman–Crippen LogP) is 12.3. The van der Waals surface area contributed by atoms with Gasteiger partial charge in [0.2, 0.25) is 0 Å². The van der Waals surface area contributed by atoms with Crippen molar-refractivity contribution in [3.8, 4) is 0 Å². The average Bonchev–Trinajstić information content (AvgIpc) is 3.03. The monoisotopic (exact) mass is 636 g/mol. The Labute approximate surface area is 261 Å². The van der Waals surface area contributed by atoms with Crippen molar-refractivity contribution in [2.45, 2.75) is 129 Å². The molecule has 0 N–H and O–H groups in total. The summed E-state index contributed by atoms with van der Waals surface area (Å²) in [5, 5.41) is 1.59. The number of halogens is 1. The van der Waals surface area contributed by atoms with Gasteiger partial charge in [-0.1, -0.05) is 58.3 Å². The van der Waals surface area contributed by atoms with Crippen molar-refractivity contribution in [3.05, 3.63) is 91.0 Å². The van der Waals surface area contributed by atoms with Crippen LogP contribution >= 0.6 is 20.8 Å². The van der Waals surface area contributed by atoms with E-state index in [4.69, 9.17) is 0 Å². The van der Waals surface area contributed by atoms with Gasteiger partial charge in [-0.05, 0) is 0 Å². The third kappa shape index (κ3) is 10.7. The van der Waals surface area contributed by atoms with Gasteiger partial charge in [0.25, 0.3) is 0 Å². The van der Waals surface area contributed by atoms with Crippen molar-refractivity contribution >= 4 is 36.7 Å². The van der Waals surface area contributed by atoms with Crippen LogP contribution < -0.4 is 15.9 Å². The van der Waals surface area contributed by atoms with Crippen molar-refractivity contribution in [3.63, 3.8) is 0 Å². The summed E-state index contributed by atoms with van der Waals surface area (Å²) in [6.45, 7) is 2.30. The minimum atomic E-state index is -2.74. The first kappa shape index (κ1) is 34.1. The van der Waals surface area contributed by atoms with E-state index >= 15 is 0 Å². The molecule has 0 bridgehead atoms. The first-order valence-electron chi connectivity index (χ1n) is 17.1. The fourth-order valence-electron chi connectivity index (χ4n) is 6.54. The zero-order valence-electron chi connectivity index (χ0n) is 26.1. The van der Waals surface area contributed by atoms with Gasteiger partial charge in [-0.25, -0.2) is 0 Å². The number of hydrogen-bond acceptors (Lipinski definition) is 0. The second kappa shape index (κ2) is 19.7. The van der Waals surface area contributed by atoms with Crippen LogP contribution in [0.15, 0.2) is 91.0 Å². The molecule has 0 spiro atoms. The van der Waals surface area contributed by atoms with Crippen molar-refractivity contribution in [2.24, 2.45) is 0 Å². The molecule has 3 aromatic carbocycles. The number of unbranched alkanes of at least 4 members (excludes halogenated alkanes) is 18. The van der Waals surface area contributed by atoms with Gasteiger partial charge in [-0.3, -0.25) is 0 Å². The molecule has 0 aliphatic carbocycles. The Balaban J connectivity index is 1.36. The Morgan fingerprint density at radius 3 is 0.878 bits per heavy atom. The normalized spacial score (nSPS) is 12.7. The number of rotatable bonds is 23. The van der Waals surface area contributed by atoms with Crippen LogP contribution in [0.1, 0.15) is 129 Å². The molecule has 0 unspecified atom stereocenters. The standard InChI is InChI=1S/C39H58BrP/c1-2-3-4-5-6-7-8-9-10-11-12-13-14-15-16-17-18-19-29-36-41(40,37-30-23-20-24-31-37,38-32-25-21-26-33-38)39-34-27-22-28-35-39/h20-28,30-35H,2-19,29,36H2,1H3. The first-order valence-corrected chi connectivity index (χ1v) is 21.5. The molecular formula is C39H58BrP. The Morgan fingerprint density at radius 2 is 0.610 bits per heavy atom. The molecular weight excluding hydrogens is 579 g/mol. The molecule has 226 valence electrons. The maximum atomic E-state index is 4.60. The van der Waals surface area contributed by atoms with Gasteiger partial charge in [0, 0.05) is 0 Å². The summed E-state index contributed by atoms with van der Waals surface area (Å²) < 4.78 is 0. The molecule has 0 radical (unpaired) electrons. The SMILES string of the molecule is CCCCCCCCCCCCCCCCCCCCCP(Br)(c1ccccc1)(c1ccccc1)c1ccccc1. The van der Waals surface area contributed by atoms with Crippen LogP contribution in [0.3, 0.4) is 0 Å². The first-order chi connectivity index (χ1) is 20.2. The summed E-state index contributed by atoms with van der Waals surface area (Å²) >= 11 is 4.60. The van der Waals surface area contributed by atoms with Crippen molar-refractivity contribution in [1.82, 2.24) is 0 Å². The van der Waals surface area contributed by atoms with Gasteiger partial charge in [-0.15, -0.1) is 0 Å². The fraction of sp³-hybridized carbons (Fsp3) is 0.538. The molecule has 0 aliphatic heterocycles. The Hall–Kier alpha value is -1.43. The molecule has 41 heavy (non-hydrogen) atoms. The van der Waals surface area contributed by atoms with Gasteiger partial charge in [0.05, 0.1) is 0 Å². The Kier molecular flexibility index (Phi) is 16.4. The summed E-state index contributed by atoms with van der Waals surface area (Å²) in [5.74, 6) is 0.